The lowest BCUT2D eigenvalue weighted by molar-refractivity contribution is 0.410. The standard InChI is InChI=1S/C22H30N2O2/c1-11-13(3)17(7)21(25-9)19(15(11)5)23-24-20-16(6)12(2)14(4)18(8)22(20)26-10/h1-10H3. The van der Waals surface area contributed by atoms with Crippen LogP contribution < -0.4 is 9.47 Å². The van der Waals surface area contributed by atoms with E-state index >= 15 is 0 Å². The Labute approximate surface area is 157 Å². The maximum absolute atomic E-state index is 5.65. The third kappa shape index (κ3) is 3.09. The molecular weight excluding hydrogens is 324 g/mol. The van der Waals surface area contributed by atoms with E-state index in [1.165, 1.54) is 22.3 Å². The van der Waals surface area contributed by atoms with E-state index in [1.54, 1.807) is 14.2 Å². The molecule has 26 heavy (non-hydrogen) atoms. The average molecular weight is 354 g/mol. The Bertz CT molecular complexity index is 823. The first-order chi connectivity index (χ1) is 12.2. The van der Waals surface area contributed by atoms with E-state index in [0.29, 0.717) is 0 Å². The molecule has 4 heteroatoms. The minimum Gasteiger partial charge on any atom is -0.494 e. The molecule has 0 aliphatic rings. The van der Waals surface area contributed by atoms with Crippen LogP contribution in [-0.2, 0) is 0 Å². The summed E-state index contributed by atoms with van der Waals surface area (Å²) < 4.78 is 11.3. The molecule has 2 aromatic carbocycles. The summed E-state index contributed by atoms with van der Waals surface area (Å²) in [4.78, 5) is 0. The fraction of sp³-hybridized carbons (Fsp3) is 0.455. The fourth-order valence-electron chi connectivity index (χ4n) is 3.36. The van der Waals surface area contributed by atoms with Gasteiger partial charge in [-0.15, -0.1) is 10.2 Å². The van der Waals surface area contributed by atoms with Crippen molar-refractivity contribution in [3.63, 3.8) is 0 Å². The number of nitrogens with zero attached hydrogens (tertiary/aromatic N) is 2. The first-order valence-electron chi connectivity index (χ1n) is 8.87. The van der Waals surface area contributed by atoms with Gasteiger partial charge in [0.2, 0.25) is 0 Å². The Balaban J connectivity index is 2.74. The Kier molecular flexibility index (Phi) is 5.74. The molecule has 0 aliphatic heterocycles. The maximum Gasteiger partial charge on any atom is 0.149 e. The highest BCUT2D eigenvalue weighted by molar-refractivity contribution is 5.68. The summed E-state index contributed by atoms with van der Waals surface area (Å²) in [6.07, 6.45) is 0. The number of hydrogen-bond acceptors (Lipinski definition) is 4. The Morgan fingerprint density at radius 1 is 0.423 bits per heavy atom. The lowest BCUT2D eigenvalue weighted by Gasteiger charge is -2.18. The molecule has 0 saturated heterocycles. The Hall–Kier alpha value is -2.36. The first kappa shape index (κ1) is 20.0. The number of methoxy groups -OCH3 is 2. The van der Waals surface area contributed by atoms with Crippen molar-refractivity contribution < 1.29 is 9.47 Å². The van der Waals surface area contributed by atoms with Crippen LogP contribution in [0, 0.1) is 55.4 Å². The highest BCUT2D eigenvalue weighted by Crippen LogP contribution is 2.43. The summed E-state index contributed by atoms with van der Waals surface area (Å²) in [7, 11) is 3.36. The minimum atomic E-state index is 0.783. The summed E-state index contributed by atoms with van der Waals surface area (Å²) in [6.45, 7) is 16.7. The zero-order chi connectivity index (χ0) is 19.8. The number of ether oxygens (including phenoxy) is 2. The molecule has 0 aliphatic carbocycles. The van der Waals surface area contributed by atoms with Crippen LogP contribution in [0.25, 0.3) is 0 Å². The van der Waals surface area contributed by atoms with E-state index in [-0.39, 0.29) is 0 Å². The smallest absolute Gasteiger partial charge is 0.149 e. The lowest BCUT2D eigenvalue weighted by Crippen LogP contribution is -1.98. The largest absolute Gasteiger partial charge is 0.494 e. The second-order valence-electron chi connectivity index (χ2n) is 6.96. The van der Waals surface area contributed by atoms with Crippen molar-refractivity contribution in [2.45, 2.75) is 55.4 Å². The van der Waals surface area contributed by atoms with Crippen molar-refractivity contribution in [1.82, 2.24) is 0 Å². The van der Waals surface area contributed by atoms with Crippen molar-refractivity contribution >= 4 is 11.4 Å². The number of rotatable bonds is 4. The molecule has 140 valence electrons. The summed E-state index contributed by atoms with van der Waals surface area (Å²) in [6, 6.07) is 0. The van der Waals surface area contributed by atoms with Crippen molar-refractivity contribution in [3.8, 4) is 11.5 Å². The van der Waals surface area contributed by atoms with Gasteiger partial charge >= 0.3 is 0 Å². The van der Waals surface area contributed by atoms with E-state index in [0.717, 1.165) is 45.1 Å². The number of hydrogen-bond donors (Lipinski definition) is 0. The van der Waals surface area contributed by atoms with Crippen LogP contribution in [0.2, 0.25) is 0 Å². The first-order valence-corrected chi connectivity index (χ1v) is 8.87. The fourth-order valence-corrected chi connectivity index (χ4v) is 3.36. The molecule has 0 bridgehead atoms. The molecule has 0 amide bonds. The number of benzene rings is 2. The SMILES string of the molecule is COc1c(C)c(C)c(C)c(C)c1N=Nc1c(C)c(C)c(C)c(C)c1OC. The molecule has 4 nitrogen and oxygen atoms in total. The van der Waals surface area contributed by atoms with Gasteiger partial charge in [-0.25, -0.2) is 0 Å². The van der Waals surface area contributed by atoms with E-state index in [4.69, 9.17) is 9.47 Å². The van der Waals surface area contributed by atoms with E-state index in [9.17, 15) is 0 Å². The van der Waals surface area contributed by atoms with Crippen LogP contribution >= 0.6 is 0 Å². The van der Waals surface area contributed by atoms with E-state index in [1.807, 2.05) is 0 Å². The zero-order valence-corrected chi connectivity index (χ0v) is 17.7. The topological polar surface area (TPSA) is 43.2 Å². The van der Waals surface area contributed by atoms with Gasteiger partial charge in [0.15, 0.2) is 0 Å². The van der Waals surface area contributed by atoms with Crippen LogP contribution in [0.15, 0.2) is 10.2 Å². The van der Waals surface area contributed by atoms with Crippen molar-refractivity contribution in [3.05, 3.63) is 44.5 Å². The second kappa shape index (κ2) is 7.48. The molecule has 0 aromatic heterocycles. The molecule has 0 heterocycles. The molecule has 0 radical (unpaired) electrons. The molecule has 0 N–H and O–H groups in total. The summed E-state index contributed by atoms with van der Waals surface area (Å²) in [5.74, 6) is 1.57. The van der Waals surface area contributed by atoms with E-state index < -0.39 is 0 Å². The Morgan fingerprint density at radius 3 is 0.962 bits per heavy atom. The average Bonchev–Trinajstić information content (AvgIpc) is 2.63. The van der Waals surface area contributed by atoms with Crippen LogP contribution in [0.3, 0.4) is 0 Å². The lowest BCUT2D eigenvalue weighted by atomic mass is 9.96. The Morgan fingerprint density at radius 2 is 0.692 bits per heavy atom. The highest BCUT2D eigenvalue weighted by atomic mass is 16.5. The highest BCUT2D eigenvalue weighted by Gasteiger charge is 2.18. The normalized spacial score (nSPS) is 11.3. The van der Waals surface area contributed by atoms with Crippen LogP contribution in [-0.4, -0.2) is 14.2 Å². The van der Waals surface area contributed by atoms with Crippen LogP contribution in [0.1, 0.15) is 44.5 Å². The van der Waals surface area contributed by atoms with Crippen LogP contribution in [0.4, 0.5) is 11.4 Å². The summed E-state index contributed by atoms with van der Waals surface area (Å²) in [5, 5.41) is 9.22. The predicted molar refractivity (Wildman–Crippen MR) is 108 cm³/mol. The predicted octanol–water partition coefficient (Wildman–Crippen LogP) is 6.59. The molecular formula is C22H30N2O2. The molecule has 0 saturated carbocycles. The molecule has 0 unspecified atom stereocenters. The van der Waals surface area contributed by atoms with Crippen LogP contribution in [0.5, 0.6) is 11.5 Å². The quantitative estimate of drug-likeness (QED) is 0.581. The van der Waals surface area contributed by atoms with Crippen molar-refractivity contribution in [2.75, 3.05) is 14.2 Å². The molecule has 2 aromatic rings. The monoisotopic (exact) mass is 354 g/mol. The second-order valence-corrected chi connectivity index (χ2v) is 6.96. The van der Waals surface area contributed by atoms with Gasteiger partial charge in [-0.05, 0) is 99.9 Å². The molecule has 0 spiro atoms. The third-order valence-corrected chi connectivity index (χ3v) is 5.85. The van der Waals surface area contributed by atoms with Crippen molar-refractivity contribution in [2.24, 2.45) is 10.2 Å². The minimum absolute atomic E-state index is 0.783. The third-order valence-electron chi connectivity index (χ3n) is 5.85. The van der Waals surface area contributed by atoms with Gasteiger partial charge < -0.3 is 9.47 Å². The zero-order valence-electron chi connectivity index (χ0n) is 17.7. The summed E-state index contributed by atoms with van der Waals surface area (Å²) >= 11 is 0. The maximum atomic E-state index is 5.65. The van der Waals surface area contributed by atoms with Crippen molar-refractivity contribution in [1.29, 1.82) is 0 Å². The van der Waals surface area contributed by atoms with Gasteiger partial charge in [-0.1, -0.05) is 0 Å². The van der Waals surface area contributed by atoms with Gasteiger partial charge in [0.05, 0.1) is 14.2 Å². The molecule has 0 fully saturated rings. The van der Waals surface area contributed by atoms with E-state index in [2.05, 4.69) is 65.6 Å². The molecule has 2 rings (SSSR count). The van der Waals surface area contributed by atoms with Gasteiger partial charge in [-0.2, -0.15) is 0 Å². The van der Waals surface area contributed by atoms with Gasteiger partial charge in [-0.3, -0.25) is 0 Å². The van der Waals surface area contributed by atoms with Gasteiger partial charge in [0, 0.05) is 0 Å². The van der Waals surface area contributed by atoms with Gasteiger partial charge in [0.25, 0.3) is 0 Å². The molecule has 0 atom stereocenters. The number of azo groups is 1. The summed E-state index contributed by atoms with van der Waals surface area (Å²) in [5.41, 5.74) is 10.8. The van der Waals surface area contributed by atoms with Gasteiger partial charge in [0.1, 0.15) is 22.9 Å².